The van der Waals surface area contributed by atoms with Gasteiger partial charge in [0, 0.05) is 17.8 Å². The molecule has 0 aliphatic rings. The first-order chi connectivity index (χ1) is 5.93. The van der Waals surface area contributed by atoms with Gasteiger partial charge < -0.3 is 5.11 Å². The van der Waals surface area contributed by atoms with E-state index in [2.05, 4.69) is 6.92 Å². The standard InChI is InChI=1S/C8H14NO4/c1-6(2)5-7(9(12)13)3-4-8(10)11/h6-7H,1,3-5H2,2H3,(H,10,11). The summed E-state index contributed by atoms with van der Waals surface area (Å²) in [5, 5.41) is 18.8. The number of hydrogen-bond acceptors (Lipinski definition) is 3. The number of nitrogens with zero attached hydrogens (tertiary/aromatic N) is 1. The normalized spacial score (nSPS) is 12.8. The van der Waals surface area contributed by atoms with Gasteiger partial charge in [-0.05, 0) is 5.92 Å². The number of carbonyl (C=O) groups is 1. The number of carboxylic acid groups (broad SMARTS) is 1. The van der Waals surface area contributed by atoms with Gasteiger partial charge in [-0.15, -0.1) is 0 Å². The van der Waals surface area contributed by atoms with Gasteiger partial charge in [0.15, 0.2) is 0 Å². The van der Waals surface area contributed by atoms with Crippen LogP contribution >= 0.6 is 0 Å². The largest absolute Gasteiger partial charge is 0.481 e. The van der Waals surface area contributed by atoms with Crippen LogP contribution in [0, 0.1) is 23.0 Å². The summed E-state index contributed by atoms with van der Waals surface area (Å²) in [6.07, 6.45) is 0.265. The van der Waals surface area contributed by atoms with Crippen LogP contribution in [0.5, 0.6) is 0 Å². The Morgan fingerprint density at radius 3 is 2.54 bits per heavy atom. The van der Waals surface area contributed by atoms with Gasteiger partial charge in [-0.2, -0.15) is 0 Å². The quantitative estimate of drug-likeness (QED) is 0.504. The second kappa shape index (κ2) is 5.50. The highest BCUT2D eigenvalue weighted by atomic mass is 16.6. The van der Waals surface area contributed by atoms with Crippen LogP contribution in [-0.4, -0.2) is 22.0 Å². The average molecular weight is 188 g/mol. The highest BCUT2D eigenvalue weighted by Gasteiger charge is 2.22. The van der Waals surface area contributed by atoms with E-state index in [4.69, 9.17) is 5.11 Å². The van der Waals surface area contributed by atoms with Crippen molar-refractivity contribution in [2.45, 2.75) is 32.2 Å². The SMILES string of the molecule is [CH2]C(C)CC(CCC(=O)O)[N+](=O)[O-]. The molecule has 0 aromatic rings. The zero-order valence-electron chi connectivity index (χ0n) is 7.60. The first-order valence-corrected chi connectivity index (χ1v) is 4.11. The first-order valence-electron chi connectivity index (χ1n) is 4.11. The number of aliphatic carboxylic acids is 1. The maximum atomic E-state index is 10.4. The molecule has 1 radical (unpaired) electrons. The molecule has 5 heteroatoms. The van der Waals surface area contributed by atoms with Crippen molar-refractivity contribution in [2.24, 2.45) is 5.92 Å². The molecule has 0 fully saturated rings. The van der Waals surface area contributed by atoms with E-state index in [9.17, 15) is 14.9 Å². The van der Waals surface area contributed by atoms with Crippen LogP contribution < -0.4 is 0 Å². The minimum absolute atomic E-state index is 0.0239. The molecular weight excluding hydrogens is 174 g/mol. The predicted molar refractivity (Wildman–Crippen MR) is 46.8 cm³/mol. The minimum Gasteiger partial charge on any atom is -0.481 e. The molecule has 0 spiro atoms. The fourth-order valence-corrected chi connectivity index (χ4v) is 1.06. The fraction of sp³-hybridized carbons (Fsp3) is 0.750. The van der Waals surface area contributed by atoms with Crippen LogP contribution in [0.4, 0.5) is 0 Å². The maximum absolute atomic E-state index is 10.4. The highest BCUT2D eigenvalue weighted by Crippen LogP contribution is 2.12. The number of carboxylic acids is 1. The third kappa shape index (κ3) is 6.07. The molecule has 0 bridgehead atoms. The lowest BCUT2D eigenvalue weighted by atomic mass is 10.0. The van der Waals surface area contributed by atoms with E-state index in [0.717, 1.165) is 0 Å². The molecule has 0 aliphatic heterocycles. The van der Waals surface area contributed by atoms with E-state index < -0.39 is 16.9 Å². The molecule has 0 aliphatic carbocycles. The van der Waals surface area contributed by atoms with Gasteiger partial charge in [-0.1, -0.05) is 13.8 Å². The molecule has 0 saturated carbocycles. The Balaban J connectivity index is 3.95. The molecule has 13 heavy (non-hydrogen) atoms. The second-order valence-corrected chi connectivity index (χ2v) is 3.21. The van der Waals surface area contributed by atoms with Crippen LogP contribution in [0.25, 0.3) is 0 Å². The summed E-state index contributed by atoms with van der Waals surface area (Å²) in [5.41, 5.74) is 0. The van der Waals surface area contributed by atoms with Gasteiger partial charge in [-0.3, -0.25) is 14.9 Å². The van der Waals surface area contributed by atoms with Crippen molar-refractivity contribution in [1.29, 1.82) is 0 Å². The Labute approximate surface area is 76.9 Å². The predicted octanol–water partition coefficient (Wildman–Crippen LogP) is 1.36. The summed E-state index contributed by atoms with van der Waals surface area (Å²) in [6.45, 7) is 5.41. The third-order valence-electron chi connectivity index (χ3n) is 1.66. The molecule has 0 aromatic carbocycles. The molecule has 2 unspecified atom stereocenters. The summed E-state index contributed by atoms with van der Waals surface area (Å²) >= 11 is 0. The average Bonchev–Trinajstić information content (AvgIpc) is 1.96. The molecule has 2 atom stereocenters. The van der Waals surface area contributed by atoms with Gasteiger partial charge in [0.25, 0.3) is 0 Å². The van der Waals surface area contributed by atoms with E-state index >= 15 is 0 Å². The fourth-order valence-electron chi connectivity index (χ4n) is 1.06. The molecule has 0 amide bonds. The summed E-state index contributed by atoms with van der Waals surface area (Å²) < 4.78 is 0. The van der Waals surface area contributed by atoms with E-state index in [1.165, 1.54) is 0 Å². The second-order valence-electron chi connectivity index (χ2n) is 3.21. The van der Waals surface area contributed by atoms with E-state index in [0.29, 0.717) is 6.42 Å². The Kier molecular flexibility index (Phi) is 5.03. The van der Waals surface area contributed by atoms with Gasteiger partial charge in [0.1, 0.15) is 0 Å². The van der Waals surface area contributed by atoms with Crippen molar-refractivity contribution in [3.05, 3.63) is 17.0 Å². The lowest BCUT2D eigenvalue weighted by molar-refractivity contribution is -0.525. The van der Waals surface area contributed by atoms with Crippen molar-refractivity contribution in [3.63, 3.8) is 0 Å². The maximum Gasteiger partial charge on any atom is 0.303 e. The molecule has 5 nitrogen and oxygen atoms in total. The summed E-state index contributed by atoms with van der Waals surface area (Å²) in [7, 11) is 0. The van der Waals surface area contributed by atoms with Crippen LogP contribution in [0.15, 0.2) is 0 Å². The molecule has 0 aromatic heterocycles. The van der Waals surface area contributed by atoms with Crippen molar-refractivity contribution in [1.82, 2.24) is 0 Å². The van der Waals surface area contributed by atoms with Crippen molar-refractivity contribution >= 4 is 5.97 Å². The Hall–Kier alpha value is -1.13. The third-order valence-corrected chi connectivity index (χ3v) is 1.66. The zero-order chi connectivity index (χ0) is 10.4. The number of rotatable bonds is 6. The zero-order valence-corrected chi connectivity index (χ0v) is 7.60. The molecule has 0 rings (SSSR count). The van der Waals surface area contributed by atoms with E-state index in [1.54, 1.807) is 6.92 Å². The van der Waals surface area contributed by atoms with Gasteiger partial charge >= 0.3 is 5.97 Å². The van der Waals surface area contributed by atoms with E-state index in [1.807, 2.05) is 0 Å². The van der Waals surface area contributed by atoms with Gasteiger partial charge in [0.2, 0.25) is 6.04 Å². The molecule has 0 heterocycles. The highest BCUT2D eigenvalue weighted by molar-refractivity contribution is 5.66. The van der Waals surface area contributed by atoms with Crippen LogP contribution in [-0.2, 0) is 4.79 Å². The van der Waals surface area contributed by atoms with Crippen molar-refractivity contribution in [2.75, 3.05) is 0 Å². The lowest BCUT2D eigenvalue weighted by Crippen LogP contribution is -2.22. The monoisotopic (exact) mass is 188 g/mol. The smallest absolute Gasteiger partial charge is 0.303 e. The Morgan fingerprint density at radius 2 is 2.23 bits per heavy atom. The van der Waals surface area contributed by atoms with Crippen molar-refractivity contribution in [3.8, 4) is 0 Å². The minimum atomic E-state index is -0.997. The summed E-state index contributed by atoms with van der Waals surface area (Å²) in [6, 6.07) is -0.774. The topological polar surface area (TPSA) is 80.4 Å². The molecule has 0 saturated heterocycles. The van der Waals surface area contributed by atoms with Crippen LogP contribution in [0.2, 0.25) is 0 Å². The summed E-state index contributed by atoms with van der Waals surface area (Å²) in [5.74, 6) is -1.02. The molecule has 1 N–H and O–H groups in total. The first kappa shape index (κ1) is 11.9. The van der Waals surface area contributed by atoms with Gasteiger partial charge in [-0.25, -0.2) is 0 Å². The number of nitro groups is 1. The Morgan fingerprint density at radius 1 is 1.69 bits per heavy atom. The lowest BCUT2D eigenvalue weighted by Gasteiger charge is -2.09. The van der Waals surface area contributed by atoms with E-state index in [-0.39, 0.29) is 18.8 Å². The molecule has 75 valence electrons. The van der Waals surface area contributed by atoms with Crippen LogP contribution in [0.3, 0.4) is 0 Å². The van der Waals surface area contributed by atoms with Crippen LogP contribution in [0.1, 0.15) is 26.2 Å². The summed E-state index contributed by atoms with van der Waals surface area (Å²) in [4.78, 5) is 20.2. The number of hydrogen-bond donors (Lipinski definition) is 1. The Bertz CT molecular complexity index is 191. The molecular formula is C8H14NO4. The van der Waals surface area contributed by atoms with Gasteiger partial charge in [0.05, 0.1) is 6.42 Å². The van der Waals surface area contributed by atoms with Crippen molar-refractivity contribution < 1.29 is 14.8 Å².